The second kappa shape index (κ2) is 6.59. The first-order valence-electron chi connectivity index (χ1n) is 9.53. The predicted octanol–water partition coefficient (Wildman–Crippen LogP) is 1.87. The third kappa shape index (κ3) is 2.91. The van der Waals surface area contributed by atoms with Gasteiger partial charge in [-0.25, -0.2) is 9.78 Å². The number of urea groups is 1. The maximum atomic E-state index is 13.4. The number of nitrogens with one attached hydrogen (secondary N) is 1. The number of aromatic nitrogens is 2. The lowest BCUT2D eigenvalue weighted by molar-refractivity contribution is -0.137. The number of carbonyl (C=O) groups is 2. The van der Waals surface area contributed by atoms with E-state index in [-0.39, 0.29) is 32.7 Å². The number of halogens is 3. The van der Waals surface area contributed by atoms with Gasteiger partial charge in [0.2, 0.25) is 0 Å². The summed E-state index contributed by atoms with van der Waals surface area (Å²) >= 11 is 0. The number of hydrogen-bond acceptors (Lipinski definition) is 5. The van der Waals surface area contributed by atoms with E-state index < -0.39 is 34.6 Å². The monoisotopic (exact) mass is 425 g/mol. The number of piperidine rings is 1. The van der Waals surface area contributed by atoms with E-state index in [0.717, 1.165) is 17.0 Å². The molecule has 11 heteroatoms. The highest BCUT2D eigenvalue weighted by Gasteiger charge is 2.61. The zero-order valence-corrected chi connectivity index (χ0v) is 16.5. The Bertz CT molecular complexity index is 1020. The molecule has 3 amide bonds. The Labute approximate surface area is 170 Å². The minimum absolute atomic E-state index is 0.102. The van der Waals surface area contributed by atoms with Crippen molar-refractivity contribution in [3.05, 3.63) is 30.2 Å². The normalized spacial score (nSPS) is 24.2. The highest BCUT2D eigenvalue weighted by Crippen LogP contribution is 2.44. The minimum Gasteiger partial charge on any atom is -0.395 e. The van der Waals surface area contributed by atoms with Crippen LogP contribution in [0.15, 0.2) is 24.7 Å². The highest BCUT2D eigenvalue weighted by molar-refractivity contribution is 6.07. The number of alkyl halides is 3. The van der Waals surface area contributed by atoms with Gasteiger partial charge >= 0.3 is 12.2 Å². The largest absolute Gasteiger partial charge is 0.416 e. The molecule has 2 aliphatic rings. The SMILES string of the molecule is CC1(C)CN(c2cc(C(F)(F)F)cc3cncn23)CCC12NC(=O)N(CCO)C2=O. The number of imide groups is 1. The van der Waals surface area contributed by atoms with E-state index in [0.29, 0.717) is 11.3 Å². The average molecular weight is 425 g/mol. The van der Waals surface area contributed by atoms with Crippen molar-refractivity contribution in [2.45, 2.75) is 32.0 Å². The third-order valence-corrected chi connectivity index (χ3v) is 6.15. The number of aliphatic hydroxyl groups excluding tert-OH is 1. The number of nitrogens with zero attached hydrogens (tertiary/aromatic N) is 4. The van der Waals surface area contributed by atoms with E-state index >= 15 is 0 Å². The van der Waals surface area contributed by atoms with E-state index in [1.807, 2.05) is 0 Å². The molecule has 1 atom stereocenters. The number of rotatable bonds is 3. The fraction of sp³-hybridized carbons (Fsp3) is 0.526. The standard InChI is InChI=1S/C19H22F3N5O3/c1-17(2)10-25(4-3-18(17)15(29)26(5-6-28)16(30)24-18)14-8-12(19(20,21)22)7-13-9-23-11-27(13)14/h7-9,11,28H,3-6,10H2,1-2H3,(H,24,30). The van der Waals surface area contributed by atoms with Crippen LogP contribution in [0.2, 0.25) is 0 Å². The molecule has 2 saturated heterocycles. The van der Waals surface area contributed by atoms with Crippen molar-refractivity contribution in [1.82, 2.24) is 19.6 Å². The number of amides is 3. The molecule has 2 fully saturated rings. The minimum atomic E-state index is -4.51. The molecule has 0 bridgehead atoms. The second-order valence-corrected chi connectivity index (χ2v) is 8.36. The van der Waals surface area contributed by atoms with Gasteiger partial charge in [-0.2, -0.15) is 13.2 Å². The number of β-amino-alcohol motifs (C(OH)–C–C–N with tert-alkyl or cyclic N) is 1. The summed E-state index contributed by atoms with van der Waals surface area (Å²) < 4.78 is 41.8. The number of anilines is 1. The molecule has 2 aromatic rings. The van der Waals surface area contributed by atoms with Crippen LogP contribution in [0.4, 0.5) is 23.8 Å². The number of aliphatic hydroxyl groups is 1. The average Bonchev–Trinajstić information content (AvgIpc) is 3.22. The van der Waals surface area contributed by atoms with Crippen LogP contribution in [0.5, 0.6) is 0 Å². The fourth-order valence-corrected chi connectivity index (χ4v) is 4.51. The number of imidazole rings is 1. The van der Waals surface area contributed by atoms with Crippen molar-refractivity contribution < 1.29 is 27.9 Å². The third-order valence-electron chi connectivity index (χ3n) is 6.15. The van der Waals surface area contributed by atoms with Crippen LogP contribution in [-0.2, 0) is 11.0 Å². The van der Waals surface area contributed by atoms with Crippen molar-refractivity contribution in [1.29, 1.82) is 0 Å². The second-order valence-electron chi connectivity index (χ2n) is 8.36. The van der Waals surface area contributed by atoms with E-state index in [4.69, 9.17) is 5.11 Å². The van der Waals surface area contributed by atoms with Crippen LogP contribution in [-0.4, -0.2) is 63.1 Å². The molecule has 0 saturated carbocycles. The van der Waals surface area contributed by atoms with Gasteiger partial charge in [-0.05, 0) is 18.6 Å². The summed E-state index contributed by atoms with van der Waals surface area (Å²) in [4.78, 5) is 32.1. The first-order valence-corrected chi connectivity index (χ1v) is 9.53. The molecule has 0 aliphatic carbocycles. The van der Waals surface area contributed by atoms with Gasteiger partial charge in [-0.3, -0.25) is 14.1 Å². The summed E-state index contributed by atoms with van der Waals surface area (Å²) in [5.74, 6) is -0.0905. The lowest BCUT2D eigenvalue weighted by Crippen LogP contribution is -2.66. The summed E-state index contributed by atoms with van der Waals surface area (Å²) in [7, 11) is 0. The van der Waals surface area contributed by atoms with Crippen molar-refractivity contribution >= 4 is 23.3 Å². The van der Waals surface area contributed by atoms with Crippen LogP contribution in [0.25, 0.3) is 5.52 Å². The molecule has 0 radical (unpaired) electrons. The Kier molecular flexibility index (Phi) is 4.49. The summed E-state index contributed by atoms with van der Waals surface area (Å²) in [5.41, 5.74) is -2.42. The van der Waals surface area contributed by atoms with Crippen LogP contribution in [0, 0.1) is 5.41 Å². The molecule has 2 N–H and O–H groups in total. The zero-order valence-electron chi connectivity index (χ0n) is 16.5. The molecule has 1 unspecified atom stereocenters. The van der Waals surface area contributed by atoms with Gasteiger partial charge in [0, 0.05) is 18.5 Å². The first-order chi connectivity index (χ1) is 14.0. The highest BCUT2D eigenvalue weighted by atomic mass is 19.4. The Balaban J connectivity index is 1.71. The maximum absolute atomic E-state index is 13.4. The summed E-state index contributed by atoms with van der Waals surface area (Å²) in [6.45, 7) is 3.66. The summed E-state index contributed by atoms with van der Waals surface area (Å²) in [5, 5.41) is 11.9. The van der Waals surface area contributed by atoms with Crippen LogP contribution >= 0.6 is 0 Å². The lowest BCUT2D eigenvalue weighted by Gasteiger charge is -2.50. The van der Waals surface area contributed by atoms with Crippen molar-refractivity contribution in [2.75, 3.05) is 31.1 Å². The molecule has 1 spiro atoms. The smallest absolute Gasteiger partial charge is 0.395 e. The summed E-state index contributed by atoms with van der Waals surface area (Å²) in [6.07, 6.45) is -1.47. The number of pyridine rings is 1. The molecule has 0 aromatic carbocycles. The molecule has 2 aromatic heterocycles. The van der Waals surface area contributed by atoms with Crippen molar-refractivity contribution in [2.24, 2.45) is 5.41 Å². The number of fused-ring (bicyclic) bond motifs is 1. The van der Waals surface area contributed by atoms with Crippen molar-refractivity contribution in [3.8, 4) is 0 Å². The van der Waals surface area contributed by atoms with Gasteiger partial charge in [0.25, 0.3) is 5.91 Å². The molecule has 4 rings (SSSR count). The first kappa shape index (κ1) is 20.5. The zero-order chi connectivity index (χ0) is 21.9. The molecule has 8 nitrogen and oxygen atoms in total. The fourth-order valence-electron chi connectivity index (χ4n) is 4.51. The van der Waals surface area contributed by atoms with Gasteiger partial charge in [-0.1, -0.05) is 13.8 Å². The summed E-state index contributed by atoms with van der Waals surface area (Å²) in [6, 6.07) is 1.56. The van der Waals surface area contributed by atoms with Crippen molar-refractivity contribution in [3.63, 3.8) is 0 Å². The quantitative estimate of drug-likeness (QED) is 0.733. The van der Waals surface area contributed by atoms with Gasteiger partial charge < -0.3 is 15.3 Å². The van der Waals surface area contributed by atoms with E-state index in [1.165, 1.54) is 12.5 Å². The Hall–Kier alpha value is -2.82. The van der Waals surface area contributed by atoms with E-state index in [2.05, 4.69) is 10.3 Å². The number of carbonyl (C=O) groups excluding carboxylic acids is 2. The maximum Gasteiger partial charge on any atom is 0.416 e. The molecular weight excluding hydrogens is 403 g/mol. The molecule has 30 heavy (non-hydrogen) atoms. The van der Waals surface area contributed by atoms with Crippen LogP contribution in [0.3, 0.4) is 0 Å². The Morgan fingerprint density at radius 2 is 2.00 bits per heavy atom. The van der Waals surface area contributed by atoms with Crippen LogP contribution < -0.4 is 10.2 Å². The van der Waals surface area contributed by atoms with Gasteiger partial charge in [-0.15, -0.1) is 0 Å². The molecular formula is C19H22F3N5O3. The van der Waals surface area contributed by atoms with E-state index in [9.17, 15) is 22.8 Å². The van der Waals surface area contributed by atoms with Gasteiger partial charge in [0.1, 0.15) is 17.7 Å². The molecule has 162 valence electrons. The Morgan fingerprint density at radius 1 is 1.27 bits per heavy atom. The molecule has 4 heterocycles. The number of hydrogen-bond donors (Lipinski definition) is 2. The van der Waals surface area contributed by atoms with E-state index in [1.54, 1.807) is 23.1 Å². The lowest BCUT2D eigenvalue weighted by atomic mass is 9.67. The van der Waals surface area contributed by atoms with Gasteiger partial charge in [0.05, 0.1) is 30.4 Å². The topological polar surface area (TPSA) is 90.2 Å². The Morgan fingerprint density at radius 3 is 2.63 bits per heavy atom. The molecule has 2 aliphatic heterocycles. The van der Waals surface area contributed by atoms with Crippen LogP contribution in [0.1, 0.15) is 25.8 Å². The predicted molar refractivity (Wildman–Crippen MR) is 101 cm³/mol. The van der Waals surface area contributed by atoms with Gasteiger partial charge in [0.15, 0.2) is 0 Å².